The molecule has 1 amide bonds. The topological polar surface area (TPSA) is 76.4 Å². The largest absolute Gasteiger partial charge is 0.507 e. The highest BCUT2D eigenvalue weighted by atomic mass is 16.3. The number of hydrogen-bond donors (Lipinski definition) is 2. The Hall–Kier alpha value is -2.06. The number of carbonyl (C=O) groups excluding carboxylic acids is 1. The normalized spacial score (nSPS) is 27.2. The first-order valence-corrected chi connectivity index (χ1v) is 8.25. The Balaban J connectivity index is 1.71. The minimum atomic E-state index is -0.262. The maximum absolute atomic E-state index is 12.7. The number of hydrogen-bond acceptors (Lipinski definition) is 4. The minimum absolute atomic E-state index is 0.0590. The summed E-state index contributed by atoms with van der Waals surface area (Å²) in [5.41, 5.74) is 2.91. The van der Waals surface area contributed by atoms with Gasteiger partial charge in [0, 0.05) is 13.1 Å². The molecule has 23 heavy (non-hydrogen) atoms. The molecule has 122 valence electrons. The summed E-state index contributed by atoms with van der Waals surface area (Å²) in [4.78, 5) is 14.4. The lowest BCUT2D eigenvalue weighted by atomic mass is 9.92. The molecule has 1 aromatic carbocycles. The molecule has 0 aliphatic carbocycles. The van der Waals surface area contributed by atoms with Crippen molar-refractivity contribution in [3.63, 3.8) is 0 Å². The monoisotopic (exact) mass is 313 g/mol. The van der Waals surface area contributed by atoms with Crippen LogP contribution in [0.1, 0.15) is 41.9 Å². The first kappa shape index (κ1) is 15.8. The van der Waals surface area contributed by atoms with Crippen LogP contribution in [0.3, 0.4) is 0 Å². The first-order valence-electron chi connectivity index (χ1n) is 8.25. The molecular formula is C18H23N3O2. The Morgan fingerprint density at radius 1 is 1.39 bits per heavy atom. The van der Waals surface area contributed by atoms with Crippen molar-refractivity contribution < 1.29 is 9.90 Å². The summed E-state index contributed by atoms with van der Waals surface area (Å²) in [6.45, 7) is 5.25. The molecule has 5 nitrogen and oxygen atoms in total. The zero-order valence-corrected chi connectivity index (χ0v) is 13.7. The molecule has 1 aromatic rings. The van der Waals surface area contributed by atoms with Crippen LogP contribution in [-0.2, 0) is 4.79 Å². The van der Waals surface area contributed by atoms with Crippen LogP contribution >= 0.6 is 0 Å². The highest BCUT2D eigenvalue weighted by Crippen LogP contribution is 2.32. The third kappa shape index (κ3) is 2.91. The standard InChI is InChI=1S/C18H23N3O2/c1-11-6-13(7-12(2)17(11)22)14-8-16(20-10-14)18(23)21-5-3-4-15(21)9-19/h6-7,14-16,20,22H,3-5,8,10H2,1-2H3/t14-,15-,16-/m0/s1. The quantitative estimate of drug-likeness (QED) is 0.875. The predicted octanol–water partition coefficient (Wildman–Crippen LogP) is 1.97. The highest BCUT2D eigenvalue weighted by molar-refractivity contribution is 5.83. The summed E-state index contributed by atoms with van der Waals surface area (Å²) in [6.07, 6.45) is 2.45. The summed E-state index contributed by atoms with van der Waals surface area (Å²) in [6, 6.07) is 5.78. The second-order valence-electron chi connectivity index (χ2n) is 6.72. The lowest BCUT2D eigenvalue weighted by Crippen LogP contribution is -2.45. The van der Waals surface area contributed by atoms with Gasteiger partial charge < -0.3 is 15.3 Å². The van der Waals surface area contributed by atoms with Crippen LogP contribution in [-0.4, -0.2) is 41.1 Å². The van der Waals surface area contributed by atoms with Crippen LogP contribution in [0, 0.1) is 25.2 Å². The number of aryl methyl sites for hydroxylation is 2. The van der Waals surface area contributed by atoms with Gasteiger partial charge in [0.15, 0.2) is 0 Å². The van der Waals surface area contributed by atoms with Gasteiger partial charge in [-0.2, -0.15) is 5.26 Å². The molecule has 0 spiro atoms. The first-order chi connectivity index (χ1) is 11.0. The number of phenolic OH excluding ortho intramolecular Hbond substituents is 1. The average Bonchev–Trinajstić information content (AvgIpc) is 3.20. The molecule has 0 unspecified atom stereocenters. The van der Waals surface area contributed by atoms with Crippen LogP contribution in [0.4, 0.5) is 0 Å². The smallest absolute Gasteiger partial charge is 0.240 e. The lowest BCUT2D eigenvalue weighted by molar-refractivity contribution is -0.133. The summed E-state index contributed by atoms with van der Waals surface area (Å²) < 4.78 is 0. The summed E-state index contributed by atoms with van der Waals surface area (Å²) in [5.74, 6) is 0.676. The van der Waals surface area contributed by atoms with Crippen LogP contribution in [0.15, 0.2) is 12.1 Å². The molecular weight excluding hydrogens is 290 g/mol. The summed E-state index contributed by atoms with van der Waals surface area (Å²) >= 11 is 0. The van der Waals surface area contributed by atoms with Gasteiger partial charge in [0.2, 0.25) is 5.91 Å². The van der Waals surface area contributed by atoms with Crippen molar-refractivity contribution >= 4 is 5.91 Å². The number of benzene rings is 1. The van der Waals surface area contributed by atoms with Crippen molar-refractivity contribution in [1.82, 2.24) is 10.2 Å². The van der Waals surface area contributed by atoms with Gasteiger partial charge in [0.05, 0.1) is 12.1 Å². The molecule has 3 rings (SSSR count). The van der Waals surface area contributed by atoms with Crippen LogP contribution in [0.5, 0.6) is 5.75 Å². The van der Waals surface area contributed by atoms with Crippen LogP contribution in [0.25, 0.3) is 0 Å². The van der Waals surface area contributed by atoms with Crippen molar-refractivity contribution in [3.05, 3.63) is 28.8 Å². The zero-order chi connectivity index (χ0) is 16.6. The highest BCUT2D eigenvalue weighted by Gasteiger charge is 2.37. The fourth-order valence-corrected chi connectivity index (χ4v) is 3.77. The molecule has 3 atom stereocenters. The third-order valence-corrected chi connectivity index (χ3v) is 5.10. The number of rotatable bonds is 2. The second kappa shape index (κ2) is 6.21. The molecule has 2 N–H and O–H groups in total. The van der Waals surface area contributed by atoms with E-state index in [1.54, 1.807) is 4.90 Å². The summed E-state index contributed by atoms with van der Waals surface area (Å²) in [7, 11) is 0. The van der Waals surface area contributed by atoms with E-state index in [-0.39, 0.29) is 23.9 Å². The number of amides is 1. The Bertz CT molecular complexity index is 642. The van der Waals surface area contributed by atoms with Gasteiger partial charge in [-0.3, -0.25) is 4.79 Å². The zero-order valence-electron chi connectivity index (χ0n) is 13.7. The molecule has 0 radical (unpaired) electrons. The maximum Gasteiger partial charge on any atom is 0.240 e. The molecule has 2 fully saturated rings. The second-order valence-corrected chi connectivity index (χ2v) is 6.72. The molecule has 0 saturated carbocycles. The molecule has 0 bridgehead atoms. The lowest BCUT2D eigenvalue weighted by Gasteiger charge is -2.23. The molecule has 2 saturated heterocycles. The molecule has 5 heteroatoms. The fourth-order valence-electron chi connectivity index (χ4n) is 3.77. The van der Waals surface area contributed by atoms with Gasteiger partial charge in [0.25, 0.3) is 0 Å². The molecule has 0 aromatic heterocycles. The van der Waals surface area contributed by atoms with Crippen molar-refractivity contribution in [2.45, 2.75) is 51.1 Å². The van der Waals surface area contributed by atoms with Crippen molar-refractivity contribution in [3.8, 4) is 11.8 Å². The van der Waals surface area contributed by atoms with E-state index in [1.165, 1.54) is 5.56 Å². The Labute approximate surface area is 136 Å². The van der Waals surface area contributed by atoms with E-state index in [0.29, 0.717) is 12.3 Å². The number of carbonyl (C=O) groups is 1. The van der Waals surface area contributed by atoms with Crippen molar-refractivity contribution in [2.24, 2.45) is 0 Å². The van der Waals surface area contributed by atoms with Gasteiger partial charge in [-0.25, -0.2) is 0 Å². The van der Waals surface area contributed by atoms with Gasteiger partial charge in [-0.15, -0.1) is 0 Å². The van der Waals surface area contributed by atoms with Gasteiger partial charge >= 0.3 is 0 Å². The number of likely N-dealkylation sites (tertiary alicyclic amines) is 1. The van der Waals surface area contributed by atoms with Gasteiger partial charge in [-0.1, -0.05) is 12.1 Å². The molecule has 2 aliphatic rings. The van der Waals surface area contributed by atoms with Crippen LogP contribution < -0.4 is 5.32 Å². The van der Waals surface area contributed by atoms with E-state index in [1.807, 2.05) is 26.0 Å². The Morgan fingerprint density at radius 2 is 2.09 bits per heavy atom. The number of aromatic hydroxyl groups is 1. The predicted molar refractivity (Wildman–Crippen MR) is 87.1 cm³/mol. The fraction of sp³-hybridized carbons (Fsp3) is 0.556. The van der Waals surface area contributed by atoms with E-state index in [2.05, 4.69) is 11.4 Å². The summed E-state index contributed by atoms with van der Waals surface area (Å²) in [5, 5.41) is 22.4. The van der Waals surface area contributed by atoms with E-state index in [9.17, 15) is 9.90 Å². The van der Waals surface area contributed by atoms with E-state index >= 15 is 0 Å². The number of nitrogens with zero attached hydrogens (tertiary/aromatic N) is 2. The minimum Gasteiger partial charge on any atom is -0.507 e. The average molecular weight is 313 g/mol. The molecule has 2 aliphatic heterocycles. The third-order valence-electron chi connectivity index (χ3n) is 5.10. The maximum atomic E-state index is 12.7. The van der Waals surface area contributed by atoms with Crippen molar-refractivity contribution in [2.75, 3.05) is 13.1 Å². The van der Waals surface area contributed by atoms with E-state index in [4.69, 9.17) is 5.26 Å². The number of nitrogens with one attached hydrogen (secondary N) is 1. The van der Waals surface area contributed by atoms with Gasteiger partial charge in [0.1, 0.15) is 11.8 Å². The SMILES string of the molecule is Cc1cc([C@@H]2CN[C@H](C(=O)N3CCC[C@H]3C#N)C2)cc(C)c1O. The Morgan fingerprint density at radius 3 is 2.74 bits per heavy atom. The van der Waals surface area contributed by atoms with E-state index in [0.717, 1.165) is 36.9 Å². The van der Waals surface area contributed by atoms with Crippen molar-refractivity contribution in [1.29, 1.82) is 5.26 Å². The van der Waals surface area contributed by atoms with E-state index < -0.39 is 0 Å². The number of phenols is 1. The Kier molecular flexibility index (Phi) is 4.27. The van der Waals surface area contributed by atoms with Crippen LogP contribution in [0.2, 0.25) is 0 Å². The van der Waals surface area contributed by atoms with Gasteiger partial charge in [-0.05, 0) is 55.7 Å². The molecule has 2 heterocycles. The number of nitriles is 1.